The molecule has 2 aliphatic heterocycles. The monoisotopic (exact) mass is 313 g/mol. The van der Waals surface area contributed by atoms with Gasteiger partial charge in [0.05, 0.1) is 22.8 Å². The summed E-state index contributed by atoms with van der Waals surface area (Å²) in [5, 5.41) is -0.297. The Morgan fingerprint density at radius 1 is 1.24 bits per heavy atom. The Labute approximate surface area is 124 Å². The van der Waals surface area contributed by atoms with Gasteiger partial charge in [-0.25, -0.2) is 0 Å². The number of hydrogen-bond donors (Lipinski definition) is 0. The Balaban J connectivity index is 1.98. The molecule has 110 valence electrons. The number of alkyl halides is 3. The highest BCUT2D eigenvalue weighted by molar-refractivity contribution is 6.31. The van der Waals surface area contributed by atoms with Crippen LogP contribution in [0.4, 0.5) is 18.9 Å². The summed E-state index contributed by atoms with van der Waals surface area (Å²) < 4.78 is 38.2. The number of benzene rings is 1. The molecule has 2 aliphatic rings. The van der Waals surface area contributed by atoms with Crippen LogP contribution in [0.15, 0.2) is 39.6 Å². The van der Waals surface area contributed by atoms with Gasteiger partial charge in [0.15, 0.2) is 0 Å². The normalized spacial score (nSPS) is 18.2. The minimum atomic E-state index is -4.44. The summed E-state index contributed by atoms with van der Waals surface area (Å²) in [6.07, 6.45) is -0.336. The van der Waals surface area contributed by atoms with Gasteiger partial charge < -0.3 is 4.90 Å². The smallest absolute Gasteiger partial charge is 0.337 e. The number of nitrogens with zero attached hydrogens (tertiary/aromatic N) is 3. The van der Waals surface area contributed by atoms with Crippen LogP contribution in [0.3, 0.4) is 0 Å². The molecule has 0 unspecified atom stereocenters. The zero-order valence-corrected chi connectivity index (χ0v) is 11.6. The van der Waals surface area contributed by atoms with Crippen LogP contribution in [0.1, 0.15) is 12.0 Å². The molecule has 0 bridgehead atoms. The van der Waals surface area contributed by atoms with Gasteiger partial charge in [0, 0.05) is 36.8 Å². The van der Waals surface area contributed by atoms with Gasteiger partial charge in [-0.1, -0.05) is 11.6 Å². The van der Waals surface area contributed by atoms with E-state index in [9.17, 15) is 13.2 Å². The quantitative estimate of drug-likeness (QED) is 0.772. The average Bonchev–Trinajstić information content (AvgIpc) is 2.45. The molecule has 0 saturated heterocycles. The summed E-state index contributed by atoms with van der Waals surface area (Å²) in [5.41, 5.74) is 1.52. The van der Waals surface area contributed by atoms with E-state index in [1.807, 2.05) is 4.90 Å². The fraction of sp³-hybridized carbons (Fsp3) is 0.286. The molecule has 0 N–H and O–H groups in total. The molecule has 1 aromatic carbocycles. The number of anilines is 1. The van der Waals surface area contributed by atoms with E-state index in [0.29, 0.717) is 25.2 Å². The van der Waals surface area contributed by atoms with Crippen LogP contribution in [0.25, 0.3) is 0 Å². The van der Waals surface area contributed by atoms with Gasteiger partial charge in [-0.2, -0.15) is 13.2 Å². The van der Waals surface area contributed by atoms with E-state index in [1.54, 1.807) is 12.4 Å². The Morgan fingerprint density at radius 2 is 2.05 bits per heavy atom. The Hall–Kier alpha value is -1.82. The summed E-state index contributed by atoms with van der Waals surface area (Å²) in [5.74, 6) is 0. The van der Waals surface area contributed by atoms with Crippen molar-refractivity contribution in [1.29, 1.82) is 0 Å². The predicted octanol–water partition coefficient (Wildman–Crippen LogP) is 3.94. The topological polar surface area (TPSA) is 28.0 Å². The number of dihydropyridines is 1. The number of allylic oxidation sites excluding steroid dienone is 1. The van der Waals surface area contributed by atoms with Crippen molar-refractivity contribution in [3.8, 4) is 0 Å². The molecule has 0 amide bonds. The minimum Gasteiger partial charge on any atom is -0.337 e. The molecule has 1 aromatic rings. The van der Waals surface area contributed by atoms with Crippen molar-refractivity contribution in [2.75, 3.05) is 18.0 Å². The maximum atomic E-state index is 12.7. The summed E-state index contributed by atoms with van der Waals surface area (Å²) in [6, 6.07) is 3.80. The van der Waals surface area contributed by atoms with E-state index in [4.69, 9.17) is 11.6 Å². The van der Waals surface area contributed by atoms with Gasteiger partial charge in [-0.05, 0) is 18.2 Å². The van der Waals surface area contributed by atoms with Crippen LogP contribution in [0, 0.1) is 0 Å². The van der Waals surface area contributed by atoms with E-state index in [-0.39, 0.29) is 5.02 Å². The highest BCUT2D eigenvalue weighted by Crippen LogP contribution is 2.37. The highest BCUT2D eigenvalue weighted by Gasteiger charge is 2.33. The third-order valence-corrected chi connectivity index (χ3v) is 3.69. The van der Waals surface area contributed by atoms with Crippen LogP contribution in [-0.4, -0.2) is 25.5 Å². The van der Waals surface area contributed by atoms with Crippen LogP contribution in [0.5, 0.6) is 0 Å². The van der Waals surface area contributed by atoms with Gasteiger partial charge in [-0.3, -0.25) is 9.98 Å². The lowest BCUT2D eigenvalue weighted by molar-refractivity contribution is -0.137. The van der Waals surface area contributed by atoms with Crippen molar-refractivity contribution in [2.24, 2.45) is 9.98 Å². The fourth-order valence-electron chi connectivity index (χ4n) is 2.40. The highest BCUT2D eigenvalue weighted by atomic mass is 35.5. The molecule has 0 fully saturated rings. The van der Waals surface area contributed by atoms with Crippen LogP contribution < -0.4 is 4.90 Å². The molecule has 21 heavy (non-hydrogen) atoms. The number of rotatable bonds is 1. The summed E-state index contributed by atoms with van der Waals surface area (Å²) >= 11 is 5.79. The number of aliphatic imine (C=N–C) groups is 2. The first kappa shape index (κ1) is 14.1. The van der Waals surface area contributed by atoms with Gasteiger partial charge >= 0.3 is 6.18 Å². The zero-order valence-electron chi connectivity index (χ0n) is 10.9. The Kier molecular flexibility index (Phi) is 3.49. The lowest BCUT2D eigenvalue weighted by Gasteiger charge is -2.31. The molecular formula is C14H11ClF3N3. The maximum Gasteiger partial charge on any atom is 0.417 e. The van der Waals surface area contributed by atoms with Crippen molar-refractivity contribution < 1.29 is 13.2 Å². The molecule has 3 nitrogen and oxygen atoms in total. The van der Waals surface area contributed by atoms with E-state index in [2.05, 4.69) is 9.98 Å². The molecule has 0 spiro atoms. The maximum absolute atomic E-state index is 12.7. The van der Waals surface area contributed by atoms with E-state index >= 15 is 0 Å². The standard InChI is InChI=1S/C14H11ClF3N3/c15-11-7-9(1-2-10(11)14(16,17)18)21-6-5-20-12-8-19-4-3-13(12)21/h1-2,5,7-8H,3-4,6H2. The second-order valence-corrected chi connectivity index (χ2v) is 5.11. The first-order valence-electron chi connectivity index (χ1n) is 6.36. The largest absolute Gasteiger partial charge is 0.417 e. The lowest BCUT2D eigenvalue weighted by Crippen LogP contribution is -2.30. The third kappa shape index (κ3) is 2.68. The molecule has 0 aliphatic carbocycles. The number of hydrogen-bond acceptors (Lipinski definition) is 3. The molecule has 3 rings (SSSR count). The lowest BCUT2D eigenvalue weighted by atomic mass is 10.1. The molecule has 2 heterocycles. The summed E-state index contributed by atoms with van der Waals surface area (Å²) in [7, 11) is 0. The third-order valence-electron chi connectivity index (χ3n) is 3.38. The zero-order chi connectivity index (χ0) is 15.0. The van der Waals surface area contributed by atoms with Crippen molar-refractivity contribution in [3.05, 3.63) is 40.2 Å². The molecule has 0 saturated carbocycles. The van der Waals surface area contributed by atoms with Crippen LogP contribution >= 0.6 is 11.6 Å². The molecule has 7 heteroatoms. The van der Waals surface area contributed by atoms with Gasteiger partial charge in [-0.15, -0.1) is 0 Å². The SMILES string of the molecule is FC(F)(F)c1ccc(N2CC=NC3=C2CCN=C3)cc1Cl. The summed E-state index contributed by atoms with van der Waals surface area (Å²) in [6.45, 7) is 1.16. The van der Waals surface area contributed by atoms with E-state index < -0.39 is 11.7 Å². The van der Waals surface area contributed by atoms with Gasteiger partial charge in [0.25, 0.3) is 0 Å². The van der Waals surface area contributed by atoms with Gasteiger partial charge in [0.1, 0.15) is 0 Å². The minimum absolute atomic E-state index is 0.297. The Morgan fingerprint density at radius 3 is 2.76 bits per heavy atom. The molecular weight excluding hydrogens is 303 g/mol. The van der Waals surface area contributed by atoms with Crippen LogP contribution in [0.2, 0.25) is 5.02 Å². The fourth-order valence-corrected chi connectivity index (χ4v) is 2.68. The van der Waals surface area contributed by atoms with Crippen molar-refractivity contribution in [3.63, 3.8) is 0 Å². The molecule has 0 atom stereocenters. The average molecular weight is 314 g/mol. The van der Waals surface area contributed by atoms with E-state index in [1.165, 1.54) is 12.1 Å². The first-order valence-corrected chi connectivity index (χ1v) is 6.74. The van der Waals surface area contributed by atoms with Crippen molar-refractivity contribution in [2.45, 2.75) is 12.6 Å². The first-order chi connectivity index (χ1) is 9.97. The second-order valence-electron chi connectivity index (χ2n) is 4.70. The van der Waals surface area contributed by atoms with Crippen LogP contribution in [-0.2, 0) is 6.18 Å². The Bertz CT molecular complexity index is 658. The number of halogens is 4. The molecule has 0 aromatic heterocycles. The van der Waals surface area contributed by atoms with Crippen molar-refractivity contribution in [1.82, 2.24) is 0 Å². The summed E-state index contributed by atoms with van der Waals surface area (Å²) in [4.78, 5) is 10.3. The molecule has 0 radical (unpaired) electrons. The second kappa shape index (κ2) is 5.18. The van der Waals surface area contributed by atoms with Gasteiger partial charge in [0.2, 0.25) is 0 Å². The van der Waals surface area contributed by atoms with Crippen molar-refractivity contribution >= 4 is 29.7 Å². The predicted molar refractivity (Wildman–Crippen MR) is 77.3 cm³/mol. The van der Waals surface area contributed by atoms with E-state index in [0.717, 1.165) is 17.5 Å².